The van der Waals surface area contributed by atoms with Gasteiger partial charge in [-0.25, -0.2) is 4.98 Å². The van der Waals surface area contributed by atoms with Crippen molar-refractivity contribution in [3.8, 4) is 0 Å². The van der Waals surface area contributed by atoms with E-state index in [4.69, 9.17) is 0 Å². The van der Waals surface area contributed by atoms with E-state index in [2.05, 4.69) is 49.1 Å². The van der Waals surface area contributed by atoms with Crippen LogP contribution in [0.3, 0.4) is 0 Å². The average molecular weight is 376 g/mol. The highest BCUT2D eigenvalue weighted by molar-refractivity contribution is 5.92. The van der Waals surface area contributed by atoms with Gasteiger partial charge in [0.2, 0.25) is 0 Å². The summed E-state index contributed by atoms with van der Waals surface area (Å²) >= 11 is 0. The molecule has 3 heterocycles. The van der Waals surface area contributed by atoms with E-state index < -0.39 is 0 Å². The van der Waals surface area contributed by atoms with Crippen LogP contribution in [0, 0.1) is 0 Å². The summed E-state index contributed by atoms with van der Waals surface area (Å²) in [5, 5.41) is 2.63. The predicted molar refractivity (Wildman–Crippen MR) is 109 cm³/mol. The molecule has 1 amide bonds. The van der Waals surface area contributed by atoms with Crippen molar-refractivity contribution in [3.63, 3.8) is 0 Å². The van der Waals surface area contributed by atoms with Gasteiger partial charge in [0, 0.05) is 51.7 Å². The van der Waals surface area contributed by atoms with Crippen molar-refractivity contribution in [1.29, 1.82) is 0 Å². The molecule has 7 heteroatoms. The summed E-state index contributed by atoms with van der Waals surface area (Å²) in [4.78, 5) is 29.8. The van der Waals surface area contributed by atoms with Crippen LogP contribution >= 0.6 is 0 Å². The molecule has 28 heavy (non-hydrogen) atoms. The van der Waals surface area contributed by atoms with Crippen LogP contribution in [0.1, 0.15) is 29.0 Å². The number of piperazine rings is 1. The number of fused-ring (bicyclic) bond motifs is 1. The highest BCUT2D eigenvalue weighted by atomic mass is 16.1. The number of pyridine rings is 1. The Morgan fingerprint density at radius 1 is 1.04 bits per heavy atom. The van der Waals surface area contributed by atoms with E-state index in [1.54, 1.807) is 25.5 Å². The van der Waals surface area contributed by atoms with Crippen molar-refractivity contribution in [3.05, 3.63) is 60.0 Å². The monoisotopic (exact) mass is 376 g/mol. The maximum atomic E-state index is 11.8. The first kappa shape index (κ1) is 18.3. The van der Waals surface area contributed by atoms with Crippen molar-refractivity contribution in [2.45, 2.75) is 13.0 Å². The summed E-state index contributed by atoms with van der Waals surface area (Å²) in [6.07, 6.45) is 3.45. The molecule has 0 bridgehead atoms. The molecule has 1 atom stereocenters. The minimum Gasteiger partial charge on any atom is -0.354 e. The number of nitrogens with one attached hydrogen (secondary N) is 1. The summed E-state index contributed by atoms with van der Waals surface area (Å²) < 4.78 is 0. The van der Waals surface area contributed by atoms with E-state index in [0.29, 0.717) is 11.7 Å². The van der Waals surface area contributed by atoms with E-state index in [0.717, 1.165) is 43.0 Å². The van der Waals surface area contributed by atoms with E-state index in [-0.39, 0.29) is 5.91 Å². The van der Waals surface area contributed by atoms with Gasteiger partial charge in [-0.05, 0) is 36.8 Å². The second-order valence-corrected chi connectivity index (χ2v) is 6.96. The summed E-state index contributed by atoms with van der Waals surface area (Å²) in [6.45, 7) is 5.86. The van der Waals surface area contributed by atoms with Crippen molar-refractivity contribution in [1.82, 2.24) is 25.2 Å². The van der Waals surface area contributed by atoms with Gasteiger partial charge in [0.05, 0.1) is 11.0 Å². The van der Waals surface area contributed by atoms with Crippen LogP contribution in [0.2, 0.25) is 0 Å². The van der Waals surface area contributed by atoms with Gasteiger partial charge in [-0.2, -0.15) is 0 Å². The normalized spacial score (nSPS) is 16.1. The van der Waals surface area contributed by atoms with Crippen molar-refractivity contribution in [2.75, 3.05) is 38.1 Å². The van der Waals surface area contributed by atoms with Crippen LogP contribution in [0.15, 0.2) is 48.8 Å². The number of aromatic nitrogens is 3. The predicted octanol–water partition coefficient (Wildman–Crippen LogP) is 2.27. The molecule has 1 aromatic carbocycles. The van der Waals surface area contributed by atoms with E-state index in [1.165, 1.54) is 5.56 Å². The maximum absolute atomic E-state index is 11.8. The SMILES string of the molecule is CNC(=O)c1cccc(N2CCN(C(C)c3ccc4nccnc4c3)CC2)n1. The van der Waals surface area contributed by atoms with Crippen molar-refractivity contribution < 1.29 is 4.79 Å². The first-order valence-electron chi connectivity index (χ1n) is 9.54. The molecule has 3 aromatic rings. The molecule has 0 saturated carbocycles. The number of anilines is 1. The number of amides is 1. The van der Waals surface area contributed by atoms with Gasteiger partial charge in [-0.15, -0.1) is 0 Å². The first-order chi connectivity index (χ1) is 13.7. The molecule has 1 N–H and O–H groups in total. The quantitative estimate of drug-likeness (QED) is 0.753. The van der Waals surface area contributed by atoms with Gasteiger partial charge in [-0.3, -0.25) is 19.7 Å². The summed E-state index contributed by atoms with van der Waals surface area (Å²) in [6, 6.07) is 12.2. The second kappa shape index (κ2) is 7.90. The van der Waals surface area contributed by atoms with Crippen LogP contribution in [0.4, 0.5) is 5.82 Å². The Balaban J connectivity index is 1.44. The summed E-state index contributed by atoms with van der Waals surface area (Å²) in [7, 11) is 1.62. The highest BCUT2D eigenvalue weighted by Crippen LogP contribution is 2.25. The zero-order valence-electron chi connectivity index (χ0n) is 16.2. The molecule has 0 radical (unpaired) electrons. The van der Waals surface area contributed by atoms with Gasteiger partial charge < -0.3 is 10.2 Å². The van der Waals surface area contributed by atoms with Crippen molar-refractivity contribution in [2.24, 2.45) is 0 Å². The van der Waals surface area contributed by atoms with E-state index in [1.807, 2.05) is 18.2 Å². The molecular weight excluding hydrogens is 352 g/mol. The number of rotatable bonds is 4. The molecule has 1 aliphatic rings. The lowest BCUT2D eigenvalue weighted by atomic mass is 10.0. The Hall–Kier alpha value is -3.06. The Morgan fingerprint density at radius 2 is 1.79 bits per heavy atom. The molecule has 144 valence electrons. The van der Waals surface area contributed by atoms with E-state index in [9.17, 15) is 4.79 Å². The highest BCUT2D eigenvalue weighted by Gasteiger charge is 2.23. The number of carbonyl (C=O) groups is 1. The molecule has 0 aliphatic carbocycles. The lowest BCUT2D eigenvalue weighted by molar-refractivity contribution is 0.0958. The number of hydrogen-bond acceptors (Lipinski definition) is 6. The Kier molecular flexibility index (Phi) is 5.16. The standard InChI is InChI=1S/C21H24N6O/c1-15(16-6-7-17-19(14-16)24-9-8-23-17)26-10-12-27(13-11-26)20-5-3-4-18(25-20)21(28)22-2/h3-9,14-15H,10-13H2,1-2H3,(H,22,28). The molecule has 1 aliphatic heterocycles. The van der Waals surface area contributed by atoms with Gasteiger partial charge in [0.1, 0.15) is 11.5 Å². The Labute approximate surface area is 164 Å². The fraction of sp³-hybridized carbons (Fsp3) is 0.333. The largest absolute Gasteiger partial charge is 0.354 e. The third kappa shape index (κ3) is 3.66. The smallest absolute Gasteiger partial charge is 0.269 e. The van der Waals surface area contributed by atoms with Crippen LogP contribution < -0.4 is 10.2 Å². The summed E-state index contributed by atoms with van der Waals surface area (Å²) in [5.74, 6) is 0.697. The number of hydrogen-bond donors (Lipinski definition) is 1. The number of carbonyl (C=O) groups excluding carboxylic acids is 1. The molecule has 1 fully saturated rings. The van der Waals surface area contributed by atoms with Crippen LogP contribution in [0.5, 0.6) is 0 Å². The molecule has 1 unspecified atom stereocenters. The number of benzene rings is 1. The zero-order chi connectivity index (χ0) is 19.5. The molecule has 4 rings (SSSR count). The molecular formula is C21H24N6O. The fourth-order valence-electron chi connectivity index (χ4n) is 3.64. The van der Waals surface area contributed by atoms with Crippen molar-refractivity contribution >= 4 is 22.8 Å². The minimum atomic E-state index is -0.159. The van der Waals surface area contributed by atoms with Crippen LogP contribution in [-0.2, 0) is 0 Å². The van der Waals surface area contributed by atoms with Gasteiger partial charge in [-0.1, -0.05) is 12.1 Å². The van der Waals surface area contributed by atoms with Gasteiger partial charge in [0.25, 0.3) is 5.91 Å². The van der Waals surface area contributed by atoms with Gasteiger partial charge in [0.15, 0.2) is 0 Å². The van der Waals surface area contributed by atoms with Gasteiger partial charge >= 0.3 is 0 Å². The molecule has 2 aromatic heterocycles. The van der Waals surface area contributed by atoms with Crippen LogP contribution in [0.25, 0.3) is 11.0 Å². The molecule has 1 saturated heterocycles. The first-order valence-corrected chi connectivity index (χ1v) is 9.54. The third-order valence-electron chi connectivity index (χ3n) is 5.36. The van der Waals surface area contributed by atoms with E-state index >= 15 is 0 Å². The van der Waals surface area contributed by atoms with Crippen LogP contribution in [-0.4, -0.2) is 59.0 Å². The Bertz CT molecular complexity index is 983. The minimum absolute atomic E-state index is 0.159. The Morgan fingerprint density at radius 3 is 2.54 bits per heavy atom. The lowest BCUT2D eigenvalue weighted by Gasteiger charge is -2.38. The average Bonchev–Trinajstić information content (AvgIpc) is 2.78. The summed E-state index contributed by atoms with van der Waals surface area (Å²) in [5.41, 5.74) is 3.56. The topological polar surface area (TPSA) is 74.2 Å². The molecule has 0 spiro atoms. The zero-order valence-corrected chi connectivity index (χ0v) is 16.2. The maximum Gasteiger partial charge on any atom is 0.269 e. The molecule has 7 nitrogen and oxygen atoms in total. The fourth-order valence-corrected chi connectivity index (χ4v) is 3.64. The third-order valence-corrected chi connectivity index (χ3v) is 5.36. The second-order valence-electron chi connectivity index (χ2n) is 6.96. The number of nitrogens with zero attached hydrogens (tertiary/aromatic N) is 5. The lowest BCUT2D eigenvalue weighted by Crippen LogP contribution is -2.47.